The third-order valence-corrected chi connectivity index (χ3v) is 4.87. The SMILES string of the molecule is CC(C)CC(NC(=O)C(C)NC(=O)C(N)Cc1ccc(O)cc1)C(=O)NC(C(=O)O)C(C)O. The fourth-order valence-corrected chi connectivity index (χ4v) is 3.01. The Bertz CT molecular complexity index is 827. The molecular formula is C22H34N4O7. The number of aliphatic hydroxyl groups excluding tert-OH is 1. The molecule has 1 aromatic rings. The van der Waals surface area contributed by atoms with E-state index in [0.29, 0.717) is 0 Å². The van der Waals surface area contributed by atoms with Gasteiger partial charge in [-0.2, -0.15) is 0 Å². The molecule has 33 heavy (non-hydrogen) atoms. The van der Waals surface area contributed by atoms with Crippen molar-refractivity contribution in [2.75, 3.05) is 0 Å². The van der Waals surface area contributed by atoms with Gasteiger partial charge < -0.3 is 37.0 Å². The van der Waals surface area contributed by atoms with Crippen LogP contribution in [-0.4, -0.2) is 69.3 Å². The monoisotopic (exact) mass is 466 g/mol. The lowest BCUT2D eigenvalue weighted by molar-refractivity contribution is -0.145. The van der Waals surface area contributed by atoms with E-state index >= 15 is 0 Å². The summed E-state index contributed by atoms with van der Waals surface area (Å²) < 4.78 is 0. The molecule has 0 heterocycles. The highest BCUT2D eigenvalue weighted by Gasteiger charge is 2.31. The average Bonchev–Trinajstić information content (AvgIpc) is 2.71. The molecule has 0 aliphatic carbocycles. The molecule has 0 bridgehead atoms. The number of aliphatic carboxylic acids is 1. The summed E-state index contributed by atoms with van der Waals surface area (Å²) in [5.41, 5.74) is 6.64. The number of benzene rings is 1. The second-order valence-electron chi connectivity index (χ2n) is 8.46. The number of carboxylic acids is 1. The van der Waals surface area contributed by atoms with Crippen LogP contribution in [0.4, 0.5) is 0 Å². The number of carbonyl (C=O) groups is 4. The molecule has 0 aliphatic heterocycles. The van der Waals surface area contributed by atoms with Gasteiger partial charge in [-0.05, 0) is 50.3 Å². The molecule has 1 rings (SSSR count). The molecule has 5 unspecified atom stereocenters. The number of hydrogen-bond acceptors (Lipinski definition) is 7. The Labute approximate surface area is 192 Å². The zero-order chi connectivity index (χ0) is 25.3. The van der Waals surface area contributed by atoms with Crippen LogP contribution in [0.3, 0.4) is 0 Å². The molecule has 0 saturated carbocycles. The molecule has 11 nitrogen and oxygen atoms in total. The number of carboxylic acid groups (broad SMARTS) is 1. The van der Waals surface area contributed by atoms with Crippen LogP contribution in [0.5, 0.6) is 5.75 Å². The molecule has 184 valence electrons. The van der Waals surface area contributed by atoms with Gasteiger partial charge in [-0.1, -0.05) is 26.0 Å². The Hall–Kier alpha value is -3.18. The van der Waals surface area contributed by atoms with E-state index in [0.717, 1.165) is 5.56 Å². The Morgan fingerprint density at radius 2 is 1.48 bits per heavy atom. The molecule has 3 amide bonds. The average molecular weight is 467 g/mol. The first kappa shape index (κ1) is 27.9. The minimum absolute atomic E-state index is 0.0143. The van der Waals surface area contributed by atoms with Gasteiger partial charge in [0.25, 0.3) is 0 Å². The number of phenolic OH excluding ortho intramolecular Hbond substituents is 1. The number of nitrogens with one attached hydrogen (secondary N) is 3. The summed E-state index contributed by atoms with van der Waals surface area (Å²) in [4.78, 5) is 48.8. The predicted molar refractivity (Wildman–Crippen MR) is 120 cm³/mol. The van der Waals surface area contributed by atoms with Crippen molar-refractivity contribution in [1.29, 1.82) is 0 Å². The number of amides is 3. The van der Waals surface area contributed by atoms with E-state index < -0.39 is 54.0 Å². The molecule has 0 radical (unpaired) electrons. The van der Waals surface area contributed by atoms with Crippen molar-refractivity contribution in [2.24, 2.45) is 11.7 Å². The number of phenols is 1. The number of rotatable bonds is 12. The summed E-state index contributed by atoms with van der Waals surface area (Å²) in [5, 5.41) is 35.3. The van der Waals surface area contributed by atoms with Gasteiger partial charge in [-0.25, -0.2) is 4.79 Å². The highest BCUT2D eigenvalue weighted by Crippen LogP contribution is 2.11. The van der Waals surface area contributed by atoms with Crippen molar-refractivity contribution >= 4 is 23.7 Å². The Morgan fingerprint density at radius 3 is 1.97 bits per heavy atom. The van der Waals surface area contributed by atoms with Crippen LogP contribution in [0.1, 0.15) is 39.7 Å². The van der Waals surface area contributed by atoms with Gasteiger partial charge in [-0.15, -0.1) is 0 Å². The van der Waals surface area contributed by atoms with E-state index in [-0.39, 0.29) is 24.5 Å². The van der Waals surface area contributed by atoms with Gasteiger partial charge in [0, 0.05) is 0 Å². The second-order valence-corrected chi connectivity index (χ2v) is 8.46. The smallest absolute Gasteiger partial charge is 0.328 e. The second kappa shape index (κ2) is 12.8. The fourth-order valence-electron chi connectivity index (χ4n) is 3.01. The largest absolute Gasteiger partial charge is 0.508 e. The summed E-state index contributed by atoms with van der Waals surface area (Å²) in [6.45, 7) is 6.31. The number of aromatic hydroxyl groups is 1. The van der Waals surface area contributed by atoms with Crippen LogP contribution in [-0.2, 0) is 25.6 Å². The van der Waals surface area contributed by atoms with Crippen LogP contribution < -0.4 is 21.7 Å². The minimum Gasteiger partial charge on any atom is -0.508 e. The molecule has 0 aliphatic rings. The molecule has 11 heteroatoms. The quantitative estimate of drug-likeness (QED) is 0.209. The fraction of sp³-hybridized carbons (Fsp3) is 0.545. The first-order chi connectivity index (χ1) is 15.3. The third kappa shape index (κ3) is 9.46. The van der Waals surface area contributed by atoms with Gasteiger partial charge in [-0.3, -0.25) is 14.4 Å². The lowest BCUT2D eigenvalue weighted by Crippen LogP contribution is -2.58. The normalized spacial score (nSPS) is 15.6. The van der Waals surface area contributed by atoms with Crippen LogP contribution in [0.25, 0.3) is 0 Å². The van der Waals surface area contributed by atoms with E-state index in [2.05, 4.69) is 16.0 Å². The van der Waals surface area contributed by atoms with E-state index in [9.17, 15) is 29.4 Å². The molecule has 0 aromatic heterocycles. The topological polar surface area (TPSA) is 191 Å². The lowest BCUT2D eigenvalue weighted by atomic mass is 10.0. The molecular weight excluding hydrogens is 432 g/mol. The molecule has 5 atom stereocenters. The summed E-state index contributed by atoms with van der Waals surface area (Å²) >= 11 is 0. The Morgan fingerprint density at radius 1 is 0.909 bits per heavy atom. The van der Waals surface area contributed by atoms with Gasteiger partial charge in [0.1, 0.15) is 17.8 Å². The summed E-state index contributed by atoms with van der Waals surface area (Å²) in [6, 6.07) is 1.66. The van der Waals surface area contributed by atoms with Crippen molar-refractivity contribution in [3.8, 4) is 5.75 Å². The molecule has 1 aromatic carbocycles. The molecule has 0 spiro atoms. The van der Waals surface area contributed by atoms with Gasteiger partial charge in [0.05, 0.1) is 12.1 Å². The highest BCUT2D eigenvalue weighted by molar-refractivity contribution is 5.94. The Kier molecular flexibility index (Phi) is 10.8. The van der Waals surface area contributed by atoms with Crippen LogP contribution in [0, 0.1) is 5.92 Å². The van der Waals surface area contributed by atoms with E-state index in [1.807, 2.05) is 13.8 Å². The van der Waals surface area contributed by atoms with Crippen molar-refractivity contribution in [3.63, 3.8) is 0 Å². The van der Waals surface area contributed by atoms with Crippen LogP contribution in [0.15, 0.2) is 24.3 Å². The van der Waals surface area contributed by atoms with Crippen molar-refractivity contribution in [3.05, 3.63) is 29.8 Å². The maximum Gasteiger partial charge on any atom is 0.328 e. The first-order valence-electron chi connectivity index (χ1n) is 10.7. The maximum atomic E-state index is 12.6. The maximum absolute atomic E-state index is 12.6. The molecule has 0 fully saturated rings. The Balaban J connectivity index is 2.75. The predicted octanol–water partition coefficient (Wildman–Crippen LogP) is -0.752. The number of carbonyl (C=O) groups excluding carboxylic acids is 3. The van der Waals surface area contributed by atoms with Crippen LogP contribution in [0.2, 0.25) is 0 Å². The summed E-state index contributed by atoms with van der Waals surface area (Å²) in [5.74, 6) is -3.31. The summed E-state index contributed by atoms with van der Waals surface area (Å²) in [6.07, 6.45) is -0.936. The summed E-state index contributed by atoms with van der Waals surface area (Å²) in [7, 11) is 0. The van der Waals surface area contributed by atoms with Crippen LogP contribution >= 0.6 is 0 Å². The number of aliphatic hydroxyl groups is 1. The highest BCUT2D eigenvalue weighted by atomic mass is 16.4. The van der Waals surface area contributed by atoms with Gasteiger partial charge in [0.15, 0.2) is 6.04 Å². The van der Waals surface area contributed by atoms with Gasteiger partial charge >= 0.3 is 5.97 Å². The third-order valence-electron chi connectivity index (χ3n) is 4.87. The van der Waals surface area contributed by atoms with Crippen molar-refractivity contribution in [2.45, 2.75) is 70.8 Å². The zero-order valence-corrected chi connectivity index (χ0v) is 19.2. The zero-order valence-electron chi connectivity index (χ0n) is 19.2. The van der Waals surface area contributed by atoms with E-state index in [1.165, 1.54) is 26.0 Å². The number of hydrogen-bond donors (Lipinski definition) is 7. The standard InChI is InChI=1S/C22H34N4O7/c1-11(2)9-17(21(31)26-18(13(4)27)22(32)33)25-19(29)12(3)24-20(30)16(23)10-14-5-7-15(28)8-6-14/h5-8,11-13,16-18,27-28H,9-10,23H2,1-4H3,(H,24,30)(H,25,29)(H,26,31)(H,32,33). The van der Waals surface area contributed by atoms with Crippen molar-refractivity contribution < 1.29 is 34.5 Å². The minimum atomic E-state index is -1.53. The van der Waals surface area contributed by atoms with E-state index in [1.54, 1.807) is 12.1 Å². The molecule has 8 N–H and O–H groups in total. The van der Waals surface area contributed by atoms with Gasteiger partial charge in [0.2, 0.25) is 17.7 Å². The van der Waals surface area contributed by atoms with E-state index in [4.69, 9.17) is 10.8 Å². The van der Waals surface area contributed by atoms with Crippen molar-refractivity contribution in [1.82, 2.24) is 16.0 Å². The number of nitrogens with two attached hydrogens (primary N) is 1. The molecule has 0 saturated heterocycles. The lowest BCUT2D eigenvalue weighted by Gasteiger charge is -2.25. The first-order valence-corrected chi connectivity index (χ1v) is 10.7.